The molecular formula is C16H26N2O. The second-order valence-corrected chi connectivity index (χ2v) is 5.04. The molecule has 2 N–H and O–H groups in total. The molecule has 0 atom stereocenters. The third-order valence-corrected chi connectivity index (χ3v) is 3.40. The van der Waals surface area contributed by atoms with E-state index in [1.54, 1.807) is 0 Å². The first-order chi connectivity index (χ1) is 9.11. The number of hydrogen-bond acceptors (Lipinski definition) is 2. The van der Waals surface area contributed by atoms with E-state index in [0.29, 0.717) is 11.3 Å². The number of rotatable bonds is 7. The Kier molecular flexibility index (Phi) is 6.40. The van der Waals surface area contributed by atoms with Gasteiger partial charge < -0.3 is 10.6 Å². The van der Waals surface area contributed by atoms with Crippen LogP contribution in [0.2, 0.25) is 0 Å². The first kappa shape index (κ1) is 15.5. The first-order valence-electron chi connectivity index (χ1n) is 7.26. The van der Waals surface area contributed by atoms with Crippen LogP contribution in [0.1, 0.15) is 55.5 Å². The molecule has 0 aliphatic heterocycles. The SMILES string of the molecule is CCCCN(CCCC)C(=O)c1cccc(C)c1N. The number of aryl methyl sites for hydroxylation is 1. The highest BCUT2D eigenvalue weighted by Crippen LogP contribution is 2.19. The Balaban J connectivity index is 2.87. The quantitative estimate of drug-likeness (QED) is 0.763. The number of amides is 1. The number of benzene rings is 1. The molecule has 0 saturated carbocycles. The number of anilines is 1. The molecule has 0 bridgehead atoms. The van der Waals surface area contributed by atoms with Gasteiger partial charge in [0, 0.05) is 18.8 Å². The summed E-state index contributed by atoms with van der Waals surface area (Å²) in [6, 6.07) is 5.67. The standard InChI is InChI=1S/C16H26N2O/c1-4-6-11-18(12-7-5-2)16(19)14-10-8-9-13(3)15(14)17/h8-10H,4-7,11-12,17H2,1-3H3. The maximum atomic E-state index is 12.6. The summed E-state index contributed by atoms with van der Waals surface area (Å²) in [5.41, 5.74) is 8.26. The average Bonchev–Trinajstić information content (AvgIpc) is 2.41. The van der Waals surface area contributed by atoms with Gasteiger partial charge >= 0.3 is 0 Å². The minimum absolute atomic E-state index is 0.0723. The van der Waals surface area contributed by atoms with Crippen molar-refractivity contribution in [1.82, 2.24) is 4.90 Å². The van der Waals surface area contributed by atoms with E-state index < -0.39 is 0 Å². The Morgan fingerprint density at radius 2 is 1.74 bits per heavy atom. The van der Waals surface area contributed by atoms with E-state index in [1.807, 2.05) is 30.0 Å². The fourth-order valence-electron chi connectivity index (χ4n) is 2.05. The Labute approximate surface area is 116 Å². The van der Waals surface area contributed by atoms with Crippen molar-refractivity contribution in [1.29, 1.82) is 0 Å². The smallest absolute Gasteiger partial charge is 0.255 e. The fraction of sp³-hybridized carbons (Fsp3) is 0.562. The molecule has 0 radical (unpaired) electrons. The largest absolute Gasteiger partial charge is 0.398 e. The summed E-state index contributed by atoms with van der Waals surface area (Å²) in [5.74, 6) is 0.0723. The number of unbranched alkanes of at least 4 members (excludes halogenated alkanes) is 2. The lowest BCUT2D eigenvalue weighted by Gasteiger charge is -2.23. The minimum Gasteiger partial charge on any atom is -0.398 e. The number of nitrogens with zero attached hydrogens (tertiary/aromatic N) is 1. The number of nitrogen functional groups attached to an aromatic ring is 1. The van der Waals surface area contributed by atoms with E-state index in [0.717, 1.165) is 44.3 Å². The van der Waals surface area contributed by atoms with Crippen LogP contribution in [-0.2, 0) is 0 Å². The summed E-state index contributed by atoms with van der Waals surface area (Å²) in [6.45, 7) is 7.87. The lowest BCUT2D eigenvalue weighted by Crippen LogP contribution is -2.33. The molecule has 1 aromatic rings. The van der Waals surface area contributed by atoms with Crippen LogP contribution in [0.25, 0.3) is 0 Å². The third-order valence-electron chi connectivity index (χ3n) is 3.40. The van der Waals surface area contributed by atoms with Crippen LogP contribution in [0.5, 0.6) is 0 Å². The van der Waals surface area contributed by atoms with Gasteiger partial charge in [-0.3, -0.25) is 4.79 Å². The van der Waals surface area contributed by atoms with E-state index in [2.05, 4.69) is 13.8 Å². The van der Waals surface area contributed by atoms with Crippen LogP contribution in [0, 0.1) is 6.92 Å². The average molecular weight is 262 g/mol. The van der Waals surface area contributed by atoms with Crippen molar-refractivity contribution >= 4 is 11.6 Å². The predicted octanol–water partition coefficient (Wildman–Crippen LogP) is 3.62. The van der Waals surface area contributed by atoms with E-state index in [-0.39, 0.29) is 5.91 Å². The molecule has 0 spiro atoms. The molecule has 1 amide bonds. The van der Waals surface area contributed by atoms with Gasteiger partial charge in [-0.15, -0.1) is 0 Å². The van der Waals surface area contributed by atoms with Crippen molar-refractivity contribution in [3.05, 3.63) is 29.3 Å². The molecule has 0 aliphatic rings. The summed E-state index contributed by atoms with van der Waals surface area (Å²) in [4.78, 5) is 14.5. The molecule has 19 heavy (non-hydrogen) atoms. The Hall–Kier alpha value is -1.51. The van der Waals surface area contributed by atoms with Crippen LogP contribution in [0.4, 0.5) is 5.69 Å². The molecule has 0 aliphatic carbocycles. The van der Waals surface area contributed by atoms with Gasteiger partial charge in [-0.1, -0.05) is 38.8 Å². The summed E-state index contributed by atoms with van der Waals surface area (Å²) >= 11 is 0. The van der Waals surface area contributed by atoms with Crippen molar-refractivity contribution in [3.63, 3.8) is 0 Å². The number of carbonyl (C=O) groups excluding carboxylic acids is 1. The van der Waals surface area contributed by atoms with Crippen LogP contribution >= 0.6 is 0 Å². The van der Waals surface area contributed by atoms with Crippen LogP contribution in [0.15, 0.2) is 18.2 Å². The second-order valence-electron chi connectivity index (χ2n) is 5.04. The van der Waals surface area contributed by atoms with Gasteiger partial charge in [-0.25, -0.2) is 0 Å². The molecule has 3 nitrogen and oxygen atoms in total. The number of para-hydroxylation sites is 1. The molecule has 0 unspecified atom stereocenters. The highest BCUT2D eigenvalue weighted by molar-refractivity contribution is 5.99. The minimum atomic E-state index is 0.0723. The second kappa shape index (κ2) is 7.82. The predicted molar refractivity (Wildman–Crippen MR) is 81.3 cm³/mol. The van der Waals surface area contributed by atoms with Gasteiger partial charge in [0.2, 0.25) is 0 Å². The summed E-state index contributed by atoms with van der Waals surface area (Å²) in [7, 11) is 0. The normalized spacial score (nSPS) is 10.5. The van der Waals surface area contributed by atoms with Gasteiger partial charge in [0.1, 0.15) is 0 Å². The Morgan fingerprint density at radius 3 is 2.26 bits per heavy atom. The van der Waals surface area contributed by atoms with E-state index in [9.17, 15) is 4.79 Å². The lowest BCUT2D eigenvalue weighted by atomic mass is 10.1. The van der Waals surface area contributed by atoms with Crippen molar-refractivity contribution in [2.45, 2.75) is 46.5 Å². The Morgan fingerprint density at radius 1 is 1.16 bits per heavy atom. The van der Waals surface area contributed by atoms with Crippen molar-refractivity contribution in [2.75, 3.05) is 18.8 Å². The van der Waals surface area contributed by atoms with Crippen molar-refractivity contribution < 1.29 is 4.79 Å². The number of carbonyl (C=O) groups is 1. The fourth-order valence-corrected chi connectivity index (χ4v) is 2.05. The zero-order valence-corrected chi connectivity index (χ0v) is 12.4. The van der Waals surface area contributed by atoms with Gasteiger partial charge in [-0.05, 0) is 31.4 Å². The molecule has 1 rings (SSSR count). The highest BCUT2D eigenvalue weighted by Gasteiger charge is 2.17. The topological polar surface area (TPSA) is 46.3 Å². The molecule has 3 heteroatoms. The zero-order chi connectivity index (χ0) is 14.3. The summed E-state index contributed by atoms with van der Waals surface area (Å²) in [6.07, 6.45) is 4.28. The third kappa shape index (κ3) is 4.27. The maximum absolute atomic E-state index is 12.6. The number of nitrogens with two attached hydrogens (primary N) is 1. The zero-order valence-electron chi connectivity index (χ0n) is 12.4. The molecule has 0 heterocycles. The summed E-state index contributed by atoms with van der Waals surface area (Å²) in [5, 5.41) is 0. The monoisotopic (exact) mass is 262 g/mol. The lowest BCUT2D eigenvalue weighted by molar-refractivity contribution is 0.0752. The van der Waals surface area contributed by atoms with Gasteiger partial charge in [0.25, 0.3) is 5.91 Å². The first-order valence-corrected chi connectivity index (χ1v) is 7.26. The van der Waals surface area contributed by atoms with Crippen molar-refractivity contribution in [2.24, 2.45) is 0 Å². The highest BCUT2D eigenvalue weighted by atomic mass is 16.2. The molecule has 0 aromatic heterocycles. The van der Waals surface area contributed by atoms with Gasteiger partial charge in [0.15, 0.2) is 0 Å². The maximum Gasteiger partial charge on any atom is 0.255 e. The van der Waals surface area contributed by atoms with E-state index in [4.69, 9.17) is 5.73 Å². The van der Waals surface area contributed by atoms with E-state index >= 15 is 0 Å². The number of hydrogen-bond donors (Lipinski definition) is 1. The summed E-state index contributed by atoms with van der Waals surface area (Å²) < 4.78 is 0. The van der Waals surface area contributed by atoms with Crippen molar-refractivity contribution in [3.8, 4) is 0 Å². The molecule has 0 fully saturated rings. The molecule has 106 valence electrons. The molecule has 0 saturated heterocycles. The Bertz CT molecular complexity index is 407. The van der Waals surface area contributed by atoms with E-state index in [1.165, 1.54) is 0 Å². The van der Waals surface area contributed by atoms with Crippen LogP contribution in [0.3, 0.4) is 0 Å². The molecular weight excluding hydrogens is 236 g/mol. The van der Waals surface area contributed by atoms with Crippen LogP contribution in [-0.4, -0.2) is 23.9 Å². The van der Waals surface area contributed by atoms with Crippen LogP contribution < -0.4 is 5.73 Å². The van der Waals surface area contributed by atoms with Gasteiger partial charge in [-0.2, -0.15) is 0 Å². The van der Waals surface area contributed by atoms with Gasteiger partial charge in [0.05, 0.1) is 5.56 Å². The molecule has 1 aromatic carbocycles.